The lowest BCUT2D eigenvalue weighted by atomic mass is 10.1. The average Bonchev–Trinajstić information content (AvgIpc) is 3.00. The Labute approximate surface area is 147 Å². The first-order valence-corrected chi connectivity index (χ1v) is 8.45. The lowest BCUT2D eigenvalue weighted by Crippen LogP contribution is -2.22. The maximum atomic E-state index is 9.08. The number of rotatable bonds is 1. The summed E-state index contributed by atoms with van der Waals surface area (Å²) < 4.78 is 3.09. The summed E-state index contributed by atoms with van der Waals surface area (Å²) >= 11 is 3.59. The van der Waals surface area contributed by atoms with Crippen LogP contribution in [0.25, 0.3) is 22.6 Å². The summed E-state index contributed by atoms with van der Waals surface area (Å²) in [7, 11) is 0. The van der Waals surface area contributed by atoms with E-state index in [0.29, 0.717) is 5.49 Å². The van der Waals surface area contributed by atoms with E-state index in [1.54, 1.807) is 0 Å². The molecule has 0 fully saturated rings. The van der Waals surface area contributed by atoms with Crippen LogP contribution in [0.1, 0.15) is 17.8 Å². The molecule has 2 heterocycles. The van der Waals surface area contributed by atoms with Gasteiger partial charge in [-0.15, -0.1) is 0 Å². The highest BCUT2D eigenvalue weighted by atomic mass is 79.9. The van der Waals surface area contributed by atoms with Crippen LogP contribution in [0.4, 0.5) is 0 Å². The highest BCUT2D eigenvalue weighted by Crippen LogP contribution is 2.29. The zero-order valence-electron chi connectivity index (χ0n) is 12.8. The fourth-order valence-electron chi connectivity index (χ4n) is 3.07. The monoisotopic (exact) mass is 376 g/mol. The van der Waals surface area contributed by atoms with Crippen LogP contribution in [-0.2, 0) is 6.54 Å². The summed E-state index contributed by atoms with van der Waals surface area (Å²) in [6.45, 7) is 0.782. The van der Waals surface area contributed by atoms with Crippen molar-refractivity contribution in [3.63, 3.8) is 0 Å². The molecule has 2 aromatic carbocycles. The van der Waals surface area contributed by atoms with Gasteiger partial charge in [-0.2, -0.15) is 10.3 Å². The second kappa shape index (κ2) is 6.06. The fraction of sp³-hybridized carbons (Fsp3) is 0.105. The number of nitriles is 1. The van der Waals surface area contributed by atoms with Gasteiger partial charge in [-0.25, -0.2) is 4.98 Å². The number of hydrogen-bond acceptors (Lipinski definition) is 3. The molecule has 1 aliphatic heterocycles. The van der Waals surface area contributed by atoms with Crippen LogP contribution in [0.2, 0.25) is 0 Å². The van der Waals surface area contributed by atoms with E-state index in [-0.39, 0.29) is 0 Å². The number of hydrogen-bond donors (Lipinski definition) is 0. The Morgan fingerprint density at radius 3 is 2.79 bits per heavy atom. The third-order valence-corrected chi connectivity index (χ3v) is 4.89. The molecule has 0 unspecified atom stereocenters. The average molecular weight is 377 g/mol. The molecule has 116 valence electrons. The van der Waals surface area contributed by atoms with Crippen molar-refractivity contribution in [2.75, 3.05) is 0 Å². The standard InChI is InChI=1S/C19H13BrN4/c20-16-7-3-1-5-13(16)11-14-9-10-24-18(14)23-17-8-4-2-6-15(17)19(24)22-12-21/h1-8,11H,9-10H2/b14-11+,22-19+. The Balaban J connectivity index is 1.98. The van der Waals surface area contributed by atoms with Gasteiger partial charge in [0.05, 0.1) is 5.52 Å². The van der Waals surface area contributed by atoms with Crippen LogP contribution in [0, 0.1) is 11.5 Å². The van der Waals surface area contributed by atoms with E-state index in [2.05, 4.69) is 33.1 Å². The van der Waals surface area contributed by atoms with Crippen molar-refractivity contribution < 1.29 is 0 Å². The Morgan fingerprint density at radius 1 is 1.17 bits per heavy atom. The molecule has 4 rings (SSSR count). The number of benzene rings is 2. The van der Waals surface area contributed by atoms with E-state index < -0.39 is 0 Å². The fourth-order valence-corrected chi connectivity index (χ4v) is 3.47. The summed E-state index contributed by atoms with van der Waals surface area (Å²) in [4.78, 5) is 8.87. The molecule has 24 heavy (non-hydrogen) atoms. The number of para-hydroxylation sites is 1. The first-order chi connectivity index (χ1) is 11.8. The van der Waals surface area contributed by atoms with Gasteiger partial charge < -0.3 is 4.57 Å². The number of aromatic nitrogens is 2. The van der Waals surface area contributed by atoms with Gasteiger partial charge in [-0.1, -0.05) is 46.3 Å². The van der Waals surface area contributed by atoms with Gasteiger partial charge in [0.2, 0.25) is 6.19 Å². The van der Waals surface area contributed by atoms with Crippen molar-refractivity contribution >= 4 is 38.5 Å². The molecule has 0 saturated carbocycles. The minimum Gasteiger partial charge on any atom is -0.309 e. The Morgan fingerprint density at radius 2 is 1.96 bits per heavy atom. The van der Waals surface area contributed by atoms with E-state index >= 15 is 0 Å². The lowest BCUT2D eigenvalue weighted by Gasteiger charge is -2.07. The molecular formula is C19H13BrN4. The predicted molar refractivity (Wildman–Crippen MR) is 97.5 cm³/mol. The molecule has 0 amide bonds. The second-order valence-electron chi connectivity index (χ2n) is 5.58. The maximum Gasteiger partial charge on any atom is 0.207 e. The van der Waals surface area contributed by atoms with Crippen molar-refractivity contribution in [3.8, 4) is 6.19 Å². The van der Waals surface area contributed by atoms with Gasteiger partial charge in [-0.05, 0) is 41.8 Å². The number of allylic oxidation sites excluding steroid dienone is 1. The molecule has 5 heteroatoms. The number of halogens is 1. The molecule has 0 bridgehead atoms. The van der Waals surface area contributed by atoms with E-state index in [0.717, 1.165) is 45.3 Å². The molecule has 0 aliphatic carbocycles. The second-order valence-corrected chi connectivity index (χ2v) is 6.44. The van der Waals surface area contributed by atoms with Crippen molar-refractivity contribution in [1.82, 2.24) is 9.55 Å². The molecule has 0 radical (unpaired) electrons. The SMILES string of the molecule is N#C/N=c1\c2ccccc2nc2n1CC/C2=C\c1ccccc1Br. The number of nitrogens with zero attached hydrogens (tertiary/aromatic N) is 4. The highest BCUT2D eigenvalue weighted by Gasteiger charge is 2.20. The van der Waals surface area contributed by atoms with E-state index in [1.807, 2.05) is 53.2 Å². The smallest absolute Gasteiger partial charge is 0.207 e. The van der Waals surface area contributed by atoms with Crippen molar-refractivity contribution in [2.24, 2.45) is 4.99 Å². The van der Waals surface area contributed by atoms with Crippen LogP contribution >= 0.6 is 15.9 Å². The predicted octanol–water partition coefficient (Wildman–Crippen LogP) is 4.12. The topological polar surface area (TPSA) is 54.0 Å². The van der Waals surface area contributed by atoms with Crippen LogP contribution in [-0.4, -0.2) is 9.55 Å². The van der Waals surface area contributed by atoms with E-state index in [4.69, 9.17) is 10.2 Å². The normalized spacial score (nSPS) is 15.7. The zero-order chi connectivity index (χ0) is 16.5. The quantitative estimate of drug-likeness (QED) is 0.599. The van der Waals surface area contributed by atoms with Gasteiger partial charge in [0.25, 0.3) is 0 Å². The third-order valence-electron chi connectivity index (χ3n) is 4.17. The summed E-state index contributed by atoms with van der Waals surface area (Å²) in [6.07, 6.45) is 4.96. The zero-order valence-corrected chi connectivity index (χ0v) is 14.4. The van der Waals surface area contributed by atoms with Crippen molar-refractivity contribution in [2.45, 2.75) is 13.0 Å². The molecular weight excluding hydrogens is 364 g/mol. The Hall–Kier alpha value is -2.71. The minimum atomic E-state index is 0.689. The van der Waals surface area contributed by atoms with Crippen LogP contribution in [0.15, 0.2) is 58.0 Å². The number of fused-ring (bicyclic) bond motifs is 2. The summed E-state index contributed by atoms with van der Waals surface area (Å²) in [5, 5.41) is 9.98. The first kappa shape index (κ1) is 14.9. The highest BCUT2D eigenvalue weighted by molar-refractivity contribution is 9.10. The van der Waals surface area contributed by atoms with Gasteiger partial charge in [0, 0.05) is 16.4 Å². The molecule has 3 aromatic rings. The molecule has 0 N–H and O–H groups in total. The van der Waals surface area contributed by atoms with Crippen LogP contribution < -0.4 is 5.49 Å². The van der Waals surface area contributed by atoms with Gasteiger partial charge >= 0.3 is 0 Å². The molecule has 0 spiro atoms. The first-order valence-electron chi connectivity index (χ1n) is 7.66. The summed E-state index contributed by atoms with van der Waals surface area (Å²) in [6, 6.07) is 15.9. The van der Waals surface area contributed by atoms with Crippen molar-refractivity contribution in [3.05, 3.63) is 69.9 Å². The molecule has 1 aliphatic rings. The van der Waals surface area contributed by atoms with Crippen molar-refractivity contribution in [1.29, 1.82) is 5.26 Å². The van der Waals surface area contributed by atoms with E-state index in [1.165, 1.54) is 0 Å². The van der Waals surface area contributed by atoms with Gasteiger partial charge in [0.15, 0.2) is 5.49 Å². The van der Waals surface area contributed by atoms with E-state index in [9.17, 15) is 0 Å². The van der Waals surface area contributed by atoms with Crippen LogP contribution in [0.3, 0.4) is 0 Å². The summed E-state index contributed by atoms with van der Waals surface area (Å²) in [5.41, 5.74) is 3.82. The molecule has 4 nitrogen and oxygen atoms in total. The minimum absolute atomic E-state index is 0.689. The largest absolute Gasteiger partial charge is 0.309 e. The third kappa shape index (κ3) is 2.45. The van der Waals surface area contributed by atoms with Gasteiger partial charge in [0.1, 0.15) is 5.82 Å². The molecule has 1 aromatic heterocycles. The molecule has 0 atom stereocenters. The maximum absolute atomic E-state index is 9.08. The van der Waals surface area contributed by atoms with Gasteiger partial charge in [-0.3, -0.25) is 0 Å². The Kier molecular flexibility index (Phi) is 3.75. The summed E-state index contributed by atoms with van der Waals surface area (Å²) in [5.74, 6) is 0.887. The molecule has 0 saturated heterocycles. The Bertz CT molecular complexity index is 1090. The lowest BCUT2D eigenvalue weighted by molar-refractivity contribution is 0.713. The van der Waals surface area contributed by atoms with Crippen LogP contribution in [0.5, 0.6) is 0 Å².